The molecule has 6 rings (SSSR count). The van der Waals surface area contributed by atoms with Crippen molar-refractivity contribution in [3.8, 4) is 0 Å². The largest absolute Gasteiger partial charge is 0.382 e. The first-order valence-corrected chi connectivity index (χ1v) is 15.7. The number of allylic oxidation sites excluding steroid dienone is 1. The Balaban J connectivity index is 0.000000212. The number of amides is 5. The lowest BCUT2D eigenvalue weighted by atomic mass is 10.0. The van der Waals surface area contributed by atoms with Crippen LogP contribution >= 0.6 is 0 Å². The van der Waals surface area contributed by atoms with E-state index in [2.05, 4.69) is 32.8 Å². The Morgan fingerprint density at radius 1 is 0.812 bits per heavy atom. The first-order valence-electron chi connectivity index (χ1n) is 15.7. The molecule has 0 saturated carbocycles. The smallest absolute Gasteiger partial charge is 0.264 e. The van der Waals surface area contributed by atoms with Gasteiger partial charge in [-0.2, -0.15) is 0 Å². The fraction of sp³-hybridized carbons (Fsp3) is 0.400. The van der Waals surface area contributed by atoms with E-state index in [9.17, 15) is 28.8 Å². The molecule has 2 saturated heterocycles. The van der Waals surface area contributed by atoms with Gasteiger partial charge < -0.3 is 16.0 Å². The molecule has 2 atom stereocenters. The summed E-state index contributed by atoms with van der Waals surface area (Å²) in [7, 11) is 0. The second-order valence-electron chi connectivity index (χ2n) is 12.5. The summed E-state index contributed by atoms with van der Waals surface area (Å²) in [5.74, 6) is -1.64. The molecule has 0 bridgehead atoms. The lowest BCUT2D eigenvalue weighted by Crippen LogP contribution is -2.54. The first-order chi connectivity index (χ1) is 22.3. The van der Waals surface area contributed by atoms with Gasteiger partial charge in [0.05, 0.1) is 22.0 Å². The molecule has 48 heavy (non-hydrogen) atoms. The molecule has 2 unspecified atom stereocenters. The van der Waals surface area contributed by atoms with E-state index >= 15 is 0 Å². The second kappa shape index (κ2) is 14.2. The summed E-state index contributed by atoms with van der Waals surface area (Å²) in [6.45, 7) is 13.4. The monoisotopic (exact) mass is 657 g/mol. The minimum absolute atomic E-state index is 0. The fourth-order valence-electron chi connectivity index (χ4n) is 6.11. The molecule has 3 aromatic rings. The van der Waals surface area contributed by atoms with Gasteiger partial charge in [-0.15, -0.1) is 0 Å². The SMILES string of the molecule is C.C=C1CCC(n2c(C)nc3cccc(NC(C)C)c3c2=O)C(=O)N1.CC(C)Nc1cccc2c1C(=O)N(C1CCC(=O)NC1=O)C2=O. The summed E-state index contributed by atoms with van der Waals surface area (Å²) in [6.07, 6.45) is 1.48. The van der Waals surface area contributed by atoms with Crippen molar-refractivity contribution in [2.75, 3.05) is 10.6 Å². The van der Waals surface area contributed by atoms with Gasteiger partial charge >= 0.3 is 0 Å². The molecule has 4 N–H and O–H groups in total. The van der Waals surface area contributed by atoms with Gasteiger partial charge in [0.25, 0.3) is 17.4 Å². The molecule has 13 heteroatoms. The number of piperidine rings is 2. The molecule has 5 amide bonds. The number of benzene rings is 2. The molecular formula is C35H43N7O6. The van der Waals surface area contributed by atoms with Gasteiger partial charge in [0, 0.05) is 35.6 Å². The van der Waals surface area contributed by atoms with Gasteiger partial charge in [0.15, 0.2) is 0 Å². The minimum atomic E-state index is -0.938. The number of hydrogen-bond donors (Lipinski definition) is 4. The van der Waals surface area contributed by atoms with E-state index in [1.54, 1.807) is 25.1 Å². The number of aryl methyl sites for hydroxylation is 1. The maximum atomic E-state index is 13.2. The highest BCUT2D eigenvalue weighted by atomic mass is 16.2. The maximum absolute atomic E-state index is 13.2. The second-order valence-corrected chi connectivity index (χ2v) is 12.5. The number of nitrogens with one attached hydrogen (secondary N) is 4. The summed E-state index contributed by atoms with van der Waals surface area (Å²) in [4.78, 5) is 79.6. The summed E-state index contributed by atoms with van der Waals surface area (Å²) in [5, 5.41) is 11.9. The van der Waals surface area contributed by atoms with Gasteiger partial charge in [0.1, 0.15) is 17.9 Å². The third kappa shape index (κ3) is 6.85. The van der Waals surface area contributed by atoms with Crippen LogP contribution < -0.4 is 26.8 Å². The van der Waals surface area contributed by atoms with Crippen molar-refractivity contribution < 1.29 is 24.0 Å². The van der Waals surface area contributed by atoms with Crippen LogP contribution in [0.25, 0.3) is 10.9 Å². The summed E-state index contributed by atoms with van der Waals surface area (Å²) in [6, 6.07) is 9.36. The Hall–Kier alpha value is -5.33. The van der Waals surface area contributed by atoms with E-state index in [0.29, 0.717) is 41.0 Å². The van der Waals surface area contributed by atoms with Crippen LogP contribution in [0.2, 0.25) is 0 Å². The minimum Gasteiger partial charge on any atom is -0.382 e. The van der Waals surface area contributed by atoms with Crippen LogP contribution in [0.4, 0.5) is 11.4 Å². The highest BCUT2D eigenvalue weighted by Gasteiger charge is 2.45. The predicted molar refractivity (Wildman–Crippen MR) is 184 cm³/mol. The number of carbonyl (C=O) groups is 5. The molecule has 3 aliphatic rings. The lowest BCUT2D eigenvalue weighted by molar-refractivity contribution is -0.136. The zero-order valence-electron chi connectivity index (χ0n) is 27.1. The van der Waals surface area contributed by atoms with Crippen LogP contribution in [0.15, 0.2) is 53.5 Å². The number of fused-ring (bicyclic) bond motifs is 2. The van der Waals surface area contributed by atoms with Crippen molar-refractivity contribution in [1.82, 2.24) is 25.1 Å². The van der Waals surface area contributed by atoms with Crippen LogP contribution in [0.5, 0.6) is 0 Å². The molecular weight excluding hydrogens is 614 g/mol. The molecule has 13 nitrogen and oxygen atoms in total. The van der Waals surface area contributed by atoms with Crippen LogP contribution in [-0.2, 0) is 14.4 Å². The Morgan fingerprint density at radius 2 is 1.42 bits per heavy atom. The Bertz CT molecular complexity index is 1880. The van der Waals surface area contributed by atoms with Gasteiger partial charge in [-0.1, -0.05) is 26.1 Å². The number of hydrogen-bond acceptors (Lipinski definition) is 9. The van der Waals surface area contributed by atoms with E-state index in [4.69, 9.17) is 0 Å². The highest BCUT2D eigenvalue weighted by Crippen LogP contribution is 2.32. The Labute approximate surface area is 279 Å². The lowest BCUT2D eigenvalue weighted by Gasteiger charge is -2.27. The summed E-state index contributed by atoms with van der Waals surface area (Å²) in [5.41, 5.74) is 3.04. The number of anilines is 2. The van der Waals surface area contributed by atoms with E-state index in [1.807, 2.05) is 45.9 Å². The van der Waals surface area contributed by atoms with E-state index < -0.39 is 29.8 Å². The van der Waals surface area contributed by atoms with Gasteiger partial charge in [0.2, 0.25) is 17.7 Å². The van der Waals surface area contributed by atoms with Crippen LogP contribution in [0.1, 0.15) is 93.4 Å². The van der Waals surface area contributed by atoms with E-state index in [1.165, 1.54) is 4.57 Å². The van der Waals surface area contributed by atoms with Gasteiger partial charge in [-0.25, -0.2) is 4.98 Å². The zero-order valence-corrected chi connectivity index (χ0v) is 27.1. The third-order valence-corrected chi connectivity index (χ3v) is 8.10. The number of carbonyl (C=O) groups excluding carboxylic acids is 5. The molecule has 0 aliphatic carbocycles. The number of imide groups is 2. The predicted octanol–water partition coefficient (Wildman–Crippen LogP) is 4.03. The van der Waals surface area contributed by atoms with Crippen molar-refractivity contribution in [2.24, 2.45) is 0 Å². The molecule has 1 aromatic heterocycles. The topological polar surface area (TPSA) is 172 Å². The molecule has 2 aromatic carbocycles. The number of rotatable bonds is 6. The standard InChI is InChI=1S/C18H22N4O2.C16H17N3O4.CH4/c1-10(2)19-13-6-5-7-14-16(13)18(24)22(12(4)21-14)15-9-8-11(3)20-17(15)23;1-8(2)17-10-5-3-4-9-13(10)16(23)19(15(9)22)11-6-7-12(20)18-14(11)21;/h5-7,10,15,19H,3,8-9H2,1-2,4H3,(H,20,23);3-5,8,11,17H,6-7H2,1-2H3,(H,18,20,21);1H4. The third-order valence-electron chi connectivity index (χ3n) is 8.10. The zero-order chi connectivity index (χ0) is 34.2. The Kier molecular flexibility index (Phi) is 10.5. The molecule has 0 radical (unpaired) electrons. The summed E-state index contributed by atoms with van der Waals surface area (Å²) >= 11 is 0. The van der Waals surface area contributed by atoms with Crippen molar-refractivity contribution in [3.63, 3.8) is 0 Å². The van der Waals surface area contributed by atoms with Crippen LogP contribution in [-0.4, -0.2) is 62.1 Å². The number of nitrogens with zero attached hydrogens (tertiary/aromatic N) is 3. The van der Waals surface area contributed by atoms with Crippen LogP contribution in [0.3, 0.4) is 0 Å². The van der Waals surface area contributed by atoms with E-state index in [0.717, 1.165) is 10.6 Å². The molecule has 2 fully saturated rings. The maximum Gasteiger partial charge on any atom is 0.264 e. The van der Waals surface area contributed by atoms with Crippen molar-refractivity contribution >= 4 is 51.8 Å². The number of aromatic nitrogens is 2. The van der Waals surface area contributed by atoms with Crippen molar-refractivity contribution in [3.05, 3.63) is 76.0 Å². The van der Waals surface area contributed by atoms with Crippen molar-refractivity contribution in [1.29, 1.82) is 0 Å². The van der Waals surface area contributed by atoms with Gasteiger partial charge in [-0.05, 0) is 78.1 Å². The average molecular weight is 658 g/mol. The highest BCUT2D eigenvalue weighted by molar-refractivity contribution is 6.25. The quantitative estimate of drug-likeness (QED) is 0.286. The first kappa shape index (κ1) is 35.5. The molecule has 254 valence electrons. The molecule has 3 aliphatic heterocycles. The Morgan fingerprint density at radius 3 is 2.06 bits per heavy atom. The van der Waals surface area contributed by atoms with Crippen LogP contribution in [0, 0.1) is 6.92 Å². The molecule has 0 spiro atoms. The molecule has 4 heterocycles. The van der Waals surface area contributed by atoms with Gasteiger partial charge in [-0.3, -0.25) is 43.6 Å². The van der Waals surface area contributed by atoms with Crippen molar-refractivity contribution in [2.45, 2.75) is 91.9 Å². The normalized spacial score (nSPS) is 19.0. The van der Waals surface area contributed by atoms with E-state index in [-0.39, 0.29) is 60.9 Å². The fourth-order valence-corrected chi connectivity index (χ4v) is 6.11. The average Bonchev–Trinajstić information content (AvgIpc) is 3.24. The summed E-state index contributed by atoms with van der Waals surface area (Å²) < 4.78 is 1.51.